The minimum atomic E-state index is 0.0234. The van der Waals surface area contributed by atoms with E-state index in [1.54, 1.807) is 11.3 Å². The zero-order chi connectivity index (χ0) is 14.3. The van der Waals surface area contributed by atoms with Crippen LogP contribution in [-0.2, 0) is 0 Å². The topological polar surface area (TPSA) is 58.4 Å². The molecule has 0 spiro atoms. The van der Waals surface area contributed by atoms with E-state index in [1.165, 1.54) is 23.4 Å². The van der Waals surface area contributed by atoms with E-state index in [-0.39, 0.29) is 5.91 Å². The number of nitrogens with zero attached hydrogens (tertiary/aromatic N) is 1. The fraction of sp³-hybridized carbons (Fsp3) is 0.667. The molecule has 4 nitrogen and oxygen atoms in total. The average Bonchev–Trinajstić information content (AvgIpc) is 3.33. The molecule has 0 aliphatic heterocycles. The molecule has 0 aromatic carbocycles. The van der Waals surface area contributed by atoms with E-state index in [1.807, 2.05) is 0 Å². The molecule has 0 saturated heterocycles. The molecule has 3 N–H and O–H groups in total. The lowest BCUT2D eigenvalue weighted by Gasteiger charge is -2.20. The Kier molecular flexibility index (Phi) is 3.63. The maximum Gasteiger partial charge on any atom is 0.263 e. The molecule has 1 heterocycles. The molecular weight excluding hydrogens is 270 g/mol. The van der Waals surface area contributed by atoms with Crippen molar-refractivity contribution in [1.29, 1.82) is 0 Å². The second-order valence-electron chi connectivity index (χ2n) is 5.76. The van der Waals surface area contributed by atoms with Crippen LogP contribution in [0.25, 0.3) is 0 Å². The number of carbonyl (C=O) groups is 1. The Hall–Kier alpha value is -1.23. The number of hydrogen-bond acceptors (Lipinski definition) is 4. The summed E-state index contributed by atoms with van der Waals surface area (Å²) in [6.45, 7) is 6.22. The molecule has 20 heavy (non-hydrogen) atoms. The first-order valence-corrected chi connectivity index (χ1v) is 8.45. The SMILES string of the molecule is CCN(CC)c1sc(C(=O)NC2CC2)c(N)c1C1CC1. The Morgan fingerprint density at radius 3 is 2.45 bits per heavy atom. The van der Waals surface area contributed by atoms with Crippen LogP contribution in [0.4, 0.5) is 10.7 Å². The average molecular weight is 293 g/mol. The Labute approximate surface area is 124 Å². The Bertz CT molecular complexity index is 513. The van der Waals surface area contributed by atoms with E-state index < -0.39 is 0 Å². The lowest BCUT2D eigenvalue weighted by Crippen LogP contribution is -2.25. The molecule has 0 bridgehead atoms. The van der Waals surface area contributed by atoms with Crippen LogP contribution in [0.1, 0.15) is 60.7 Å². The molecule has 0 atom stereocenters. The van der Waals surface area contributed by atoms with Crippen LogP contribution < -0.4 is 16.0 Å². The van der Waals surface area contributed by atoms with Crippen molar-refractivity contribution in [2.24, 2.45) is 0 Å². The number of rotatable bonds is 6. The molecular formula is C15H23N3OS. The highest BCUT2D eigenvalue weighted by molar-refractivity contribution is 7.18. The predicted octanol–water partition coefficient (Wildman–Crippen LogP) is 2.95. The summed E-state index contributed by atoms with van der Waals surface area (Å²) in [5, 5.41) is 4.28. The number of thiophene rings is 1. The van der Waals surface area contributed by atoms with Gasteiger partial charge in [0.1, 0.15) is 4.88 Å². The van der Waals surface area contributed by atoms with E-state index >= 15 is 0 Å². The van der Waals surface area contributed by atoms with Crippen molar-refractivity contribution in [3.63, 3.8) is 0 Å². The van der Waals surface area contributed by atoms with Gasteiger partial charge in [0, 0.05) is 24.7 Å². The van der Waals surface area contributed by atoms with Gasteiger partial charge in [0.25, 0.3) is 5.91 Å². The summed E-state index contributed by atoms with van der Waals surface area (Å²) in [5.41, 5.74) is 8.28. The summed E-state index contributed by atoms with van der Waals surface area (Å²) in [4.78, 5) is 15.4. The third kappa shape index (κ3) is 2.51. The third-order valence-electron chi connectivity index (χ3n) is 4.12. The van der Waals surface area contributed by atoms with Crippen LogP contribution >= 0.6 is 11.3 Å². The van der Waals surface area contributed by atoms with Crippen LogP contribution in [0.15, 0.2) is 0 Å². The second-order valence-corrected chi connectivity index (χ2v) is 6.76. The van der Waals surface area contributed by atoms with Crippen molar-refractivity contribution in [3.05, 3.63) is 10.4 Å². The fourth-order valence-corrected chi connectivity index (χ4v) is 3.94. The number of amides is 1. The van der Waals surface area contributed by atoms with E-state index in [0.717, 1.165) is 36.5 Å². The van der Waals surface area contributed by atoms with Crippen molar-refractivity contribution in [1.82, 2.24) is 5.32 Å². The van der Waals surface area contributed by atoms with Crippen LogP contribution in [-0.4, -0.2) is 25.0 Å². The van der Waals surface area contributed by atoms with Gasteiger partial charge in [-0.05, 0) is 45.4 Å². The highest BCUT2D eigenvalue weighted by Gasteiger charge is 2.35. The lowest BCUT2D eigenvalue weighted by molar-refractivity contribution is 0.0956. The maximum atomic E-state index is 12.3. The number of carbonyl (C=O) groups excluding carboxylic acids is 1. The monoisotopic (exact) mass is 293 g/mol. The summed E-state index contributed by atoms with van der Waals surface area (Å²) in [6, 6.07) is 0.380. The highest BCUT2D eigenvalue weighted by Crippen LogP contribution is 2.52. The van der Waals surface area contributed by atoms with Gasteiger partial charge in [-0.1, -0.05) is 0 Å². The molecule has 3 rings (SSSR count). The van der Waals surface area contributed by atoms with Gasteiger partial charge in [0.15, 0.2) is 0 Å². The first-order chi connectivity index (χ1) is 9.65. The molecule has 110 valence electrons. The van der Waals surface area contributed by atoms with E-state index in [9.17, 15) is 4.79 Å². The number of anilines is 2. The van der Waals surface area contributed by atoms with Crippen molar-refractivity contribution < 1.29 is 4.79 Å². The second kappa shape index (κ2) is 5.28. The number of nitrogens with two attached hydrogens (primary N) is 1. The first-order valence-electron chi connectivity index (χ1n) is 7.63. The Balaban J connectivity index is 1.93. The lowest BCUT2D eigenvalue weighted by atomic mass is 10.1. The summed E-state index contributed by atoms with van der Waals surface area (Å²) < 4.78 is 0. The zero-order valence-electron chi connectivity index (χ0n) is 12.2. The minimum Gasteiger partial charge on any atom is -0.397 e. The van der Waals surface area contributed by atoms with Gasteiger partial charge in [-0.15, -0.1) is 11.3 Å². The smallest absolute Gasteiger partial charge is 0.263 e. The molecule has 1 amide bonds. The zero-order valence-corrected chi connectivity index (χ0v) is 13.1. The first kappa shape index (κ1) is 13.7. The largest absolute Gasteiger partial charge is 0.397 e. The van der Waals surface area contributed by atoms with Gasteiger partial charge in [-0.3, -0.25) is 4.79 Å². The summed E-state index contributed by atoms with van der Waals surface area (Å²) >= 11 is 1.58. The number of nitrogen functional groups attached to an aromatic ring is 1. The third-order valence-corrected chi connectivity index (χ3v) is 5.40. The van der Waals surface area contributed by atoms with Gasteiger partial charge < -0.3 is 16.0 Å². The predicted molar refractivity (Wildman–Crippen MR) is 84.8 cm³/mol. The van der Waals surface area contributed by atoms with Crippen molar-refractivity contribution in [2.75, 3.05) is 23.7 Å². The van der Waals surface area contributed by atoms with Gasteiger partial charge in [0.2, 0.25) is 0 Å². The molecule has 2 aliphatic carbocycles. The van der Waals surface area contributed by atoms with E-state index in [4.69, 9.17) is 5.73 Å². The van der Waals surface area contributed by atoms with Crippen molar-refractivity contribution in [2.45, 2.75) is 51.5 Å². The number of hydrogen-bond donors (Lipinski definition) is 2. The summed E-state index contributed by atoms with van der Waals surface area (Å²) in [6.07, 6.45) is 4.63. The normalized spacial score (nSPS) is 18.1. The summed E-state index contributed by atoms with van der Waals surface area (Å²) in [5.74, 6) is 0.597. The molecule has 5 heteroatoms. The summed E-state index contributed by atoms with van der Waals surface area (Å²) in [7, 11) is 0. The quantitative estimate of drug-likeness (QED) is 0.848. The van der Waals surface area contributed by atoms with Gasteiger partial charge in [-0.25, -0.2) is 0 Å². The molecule has 2 aliphatic rings. The van der Waals surface area contributed by atoms with Crippen LogP contribution in [0.3, 0.4) is 0 Å². The fourth-order valence-electron chi connectivity index (χ4n) is 2.60. The van der Waals surface area contributed by atoms with E-state index in [0.29, 0.717) is 12.0 Å². The molecule has 0 unspecified atom stereocenters. The maximum absolute atomic E-state index is 12.3. The van der Waals surface area contributed by atoms with Crippen LogP contribution in [0.2, 0.25) is 0 Å². The molecule has 0 radical (unpaired) electrons. The highest BCUT2D eigenvalue weighted by atomic mass is 32.1. The number of nitrogens with one attached hydrogen (secondary N) is 1. The van der Waals surface area contributed by atoms with E-state index in [2.05, 4.69) is 24.1 Å². The van der Waals surface area contributed by atoms with Crippen LogP contribution in [0, 0.1) is 0 Å². The van der Waals surface area contributed by atoms with Gasteiger partial charge >= 0.3 is 0 Å². The molecule has 2 fully saturated rings. The van der Waals surface area contributed by atoms with Gasteiger partial charge in [0.05, 0.1) is 10.7 Å². The standard InChI is InChI=1S/C15H23N3OS/c1-3-18(4-2)15-11(9-5-6-9)12(16)13(20-15)14(19)17-10-7-8-10/h9-10H,3-8,16H2,1-2H3,(H,17,19). The van der Waals surface area contributed by atoms with Crippen molar-refractivity contribution in [3.8, 4) is 0 Å². The van der Waals surface area contributed by atoms with Crippen LogP contribution in [0.5, 0.6) is 0 Å². The molecule has 1 aromatic heterocycles. The molecule has 1 aromatic rings. The molecule has 2 saturated carbocycles. The minimum absolute atomic E-state index is 0.0234. The van der Waals surface area contributed by atoms with Gasteiger partial charge in [-0.2, -0.15) is 0 Å². The Morgan fingerprint density at radius 2 is 1.95 bits per heavy atom. The van der Waals surface area contributed by atoms with Crippen molar-refractivity contribution >= 4 is 27.9 Å². The Morgan fingerprint density at radius 1 is 1.30 bits per heavy atom.